The second-order valence-corrected chi connectivity index (χ2v) is 6.32. The molecule has 1 heterocycles. The van der Waals surface area contributed by atoms with Crippen molar-refractivity contribution in [3.8, 4) is 0 Å². The summed E-state index contributed by atoms with van der Waals surface area (Å²) in [6.07, 6.45) is 2.72. The second kappa shape index (κ2) is 7.11. The molecule has 2 aromatic rings. The number of carbonyl (C=O) groups is 1. The molecule has 0 atom stereocenters. The summed E-state index contributed by atoms with van der Waals surface area (Å²) < 4.78 is 0. The van der Waals surface area contributed by atoms with Crippen LogP contribution >= 0.6 is 46.1 Å². The Bertz CT molecular complexity index is 774. The number of carbonyl (C=O) groups excluding carboxylic acids is 1. The van der Waals surface area contributed by atoms with Gasteiger partial charge in [-0.25, -0.2) is 0 Å². The highest BCUT2D eigenvalue weighted by molar-refractivity contribution is 7.16. The molecule has 0 spiro atoms. The minimum Gasteiger partial charge on any atom is -0.321 e. The van der Waals surface area contributed by atoms with E-state index in [1.807, 2.05) is 0 Å². The zero-order valence-corrected chi connectivity index (χ0v) is 13.8. The van der Waals surface area contributed by atoms with E-state index in [2.05, 4.69) is 5.32 Å². The van der Waals surface area contributed by atoms with Crippen molar-refractivity contribution >= 4 is 68.8 Å². The molecular weight excluding hydrogens is 371 g/mol. The predicted octanol–water partition coefficient (Wildman–Crippen LogP) is 5.27. The largest absolute Gasteiger partial charge is 0.324 e. The minimum absolute atomic E-state index is 0.00702. The molecule has 5 nitrogen and oxygen atoms in total. The van der Waals surface area contributed by atoms with Crippen molar-refractivity contribution in [2.45, 2.75) is 0 Å². The normalized spacial score (nSPS) is 10.9. The molecule has 1 aromatic heterocycles. The molecule has 0 saturated heterocycles. The second-order valence-electron chi connectivity index (χ2n) is 4.00. The Morgan fingerprint density at radius 1 is 1.18 bits per heavy atom. The number of halogens is 3. The molecule has 22 heavy (non-hydrogen) atoms. The summed E-state index contributed by atoms with van der Waals surface area (Å²) in [5.74, 6) is -0.448. The van der Waals surface area contributed by atoms with Gasteiger partial charge in [-0.15, -0.1) is 0 Å². The van der Waals surface area contributed by atoms with Gasteiger partial charge in [0.25, 0.3) is 0 Å². The van der Waals surface area contributed by atoms with Crippen molar-refractivity contribution in [3.05, 3.63) is 60.4 Å². The van der Waals surface area contributed by atoms with E-state index in [4.69, 9.17) is 34.8 Å². The molecule has 1 N–H and O–H groups in total. The fourth-order valence-corrected chi connectivity index (χ4v) is 2.80. The molecule has 1 amide bonds. The van der Waals surface area contributed by atoms with Crippen LogP contribution in [0.1, 0.15) is 4.88 Å². The quantitative estimate of drug-likeness (QED) is 0.341. The lowest BCUT2D eigenvalue weighted by atomic mass is 10.3. The van der Waals surface area contributed by atoms with Gasteiger partial charge in [-0.2, -0.15) is 0 Å². The summed E-state index contributed by atoms with van der Waals surface area (Å²) >= 11 is 18.6. The molecule has 0 bridgehead atoms. The Kier molecular flexibility index (Phi) is 5.42. The zero-order chi connectivity index (χ0) is 16.3. The number of benzene rings is 1. The highest BCUT2D eigenvalue weighted by Crippen LogP contribution is 2.32. The number of anilines is 1. The highest BCUT2D eigenvalue weighted by atomic mass is 35.5. The molecular formula is C13H7Cl3N2O3S. The Morgan fingerprint density at radius 2 is 1.86 bits per heavy atom. The molecule has 114 valence electrons. The smallest absolute Gasteiger partial charge is 0.321 e. The molecule has 0 unspecified atom stereocenters. The Morgan fingerprint density at radius 3 is 2.50 bits per heavy atom. The molecule has 0 aliphatic rings. The summed E-state index contributed by atoms with van der Waals surface area (Å²) in [5, 5.41) is 13.9. The first-order chi connectivity index (χ1) is 10.4. The standard InChI is InChI=1S/C13H7Cl3N2O3S/c14-8-5-10(16)11(6-9(8)15)17-12(19)3-1-7-2-4-13(22-7)18(20)21/h1-6H,(H,17,19)/b3-1+. The van der Waals surface area contributed by atoms with Crippen molar-refractivity contribution in [2.24, 2.45) is 0 Å². The fraction of sp³-hybridized carbons (Fsp3) is 0. The van der Waals surface area contributed by atoms with E-state index >= 15 is 0 Å². The van der Waals surface area contributed by atoms with E-state index in [-0.39, 0.29) is 20.1 Å². The number of nitrogens with one attached hydrogen (secondary N) is 1. The summed E-state index contributed by atoms with van der Waals surface area (Å²) in [6.45, 7) is 0. The van der Waals surface area contributed by atoms with E-state index in [1.165, 1.54) is 30.4 Å². The van der Waals surface area contributed by atoms with E-state index in [9.17, 15) is 14.9 Å². The fourth-order valence-electron chi connectivity index (χ4n) is 1.48. The van der Waals surface area contributed by atoms with Gasteiger partial charge in [0.15, 0.2) is 0 Å². The molecule has 1 aromatic carbocycles. The van der Waals surface area contributed by atoms with E-state index in [0.717, 1.165) is 11.3 Å². The van der Waals surface area contributed by atoms with Crippen LogP contribution in [0.15, 0.2) is 30.3 Å². The third kappa shape index (κ3) is 4.20. The SMILES string of the molecule is O=C(/C=C/c1ccc([N+](=O)[O-])s1)Nc1cc(Cl)c(Cl)cc1Cl. The van der Waals surface area contributed by atoms with E-state index < -0.39 is 10.8 Å². The van der Waals surface area contributed by atoms with Crippen molar-refractivity contribution in [3.63, 3.8) is 0 Å². The first-order valence-electron chi connectivity index (χ1n) is 5.74. The lowest BCUT2D eigenvalue weighted by molar-refractivity contribution is -0.380. The van der Waals surface area contributed by atoms with Crippen LogP contribution in [-0.4, -0.2) is 10.8 Å². The van der Waals surface area contributed by atoms with Gasteiger partial charge in [-0.05, 0) is 24.3 Å². The maximum Gasteiger partial charge on any atom is 0.324 e. The maximum absolute atomic E-state index is 11.8. The van der Waals surface area contributed by atoms with Crippen LogP contribution < -0.4 is 5.32 Å². The molecule has 0 fully saturated rings. The van der Waals surface area contributed by atoms with Crippen LogP contribution in [-0.2, 0) is 4.79 Å². The number of thiophene rings is 1. The van der Waals surface area contributed by atoms with Gasteiger partial charge in [0.1, 0.15) is 0 Å². The number of nitro groups is 1. The van der Waals surface area contributed by atoms with Crippen molar-refractivity contribution < 1.29 is 9.72 Å². The van der Waals surface area contributed by atoms with Crippen molar-refractivity contribution in [2.75, 3.05) is 5.32 Å². The number of rotatable bonds is 4. The van der Waals surface area contributed by atoms with Crippen LogP contribution in [0.25, 0.3) is 6.08 Å². The summed E-state index contributed by atoms with van der Waals surface area (Å²) in [5.41, 5.74) is 0.322. The van der Waals surface area contributed by atoms with Gasteiger partial charge in [0.2, 0.25) is 5.91 Å². The number of hydrogen-bond acceptors (Lipinski definition) is 4. The summed E-state index contributed by atoms with van der Waals surface area (Å²) in [7, 11) is 0. The van der Waals surface area contributed by atoms with Gasteiger partial charge < -0.3 is 5.32 Å². The average Bonchev–Trinajstić information content (AvgIpc) is 2.91. The Hall–Kier alpha value is -1.60. The lowest BCUT2D eigenvalue weighted by Crippen LogP contribution is -2.08. The molecule has 9 heteroatoms. The summed E-state index contributed by atoms with van der Waals surface area (Å²) in [6, 6.07) is 5.79. The van der Waals surface area contributed by atoms with Crippen molar-refractivity contribution in [1.82, 2.24) is 0 Å². The Labute approximate surface area is 144 Å². The van der Waals surface area contributed by atoms with Crippen LogP contribution in [0.2, 0.25) is 15.1 Å². The lowest BCUT2D eigenvalue weighted by Gasteiger charge is -2.06. The van der Waals surface area contributed by atoms with Gasteiger partial charge in [0.05, 0.1) is 25.7 Å². The summed E-state index contributed by atoms with van der Waals surface area (Å²) in [4.78, 5) is 22.5. The van der Waals surface area contributed by atoms with Gasteiger partial charge in [-0.3, -0.25) is 14.9 Å². The third-order valence-electron chi connectivity index (χ3n) is 2.46. The van der Waals surface area contributed by atoms with Gasteiger partial charge in [0, 0.05) is 17.0 Å². The van der Waals surface area contributed by atoms with Gasteiger partial charge in [-0.1, -0.05) is 46.1 Å². The predicted molar refractivity (Wildman–Crippen MR) is 90.1 cm³/mol. The Balaban J connectivity index is 2.08. The molecule has 0 aliphatic heterocycles. The minimum atomic E-state index is -0.489. The number of amides is 1. The monoisotopic (exact) mass is 376 g/mol. The van der Waals surface area contributed by atoms with Crippen LogP contribution in [0.4, 0.5) is 10.7 Å². The first kappa shape index (κ1) is 16.8. The average molecular weight is 378 g/mol. The van der Waals surface area contributed by atoms with Crippen LogP contribution in [0, 0.1) is 10.1 Å². The highest BCUT2D eigenvalue weighted by Gasteiger charge is 2.09. The van der Waals surface area contributed by atoms with Gasteiger partial charge >= 0.3 is 5.00 Å². The molecule has 0 radical (unpaired) electrons. The molecule has 0 aliphatic carbocycles. The molecule has 0 saturated carbocycles. The molecule has 2 rings (SSSR count). The number of nitrogens with zero attached hydrogens (tertiary/aromatic N) is 1. The van der Waals surface area contributed by atoms with E-state index in [1.54, 1.807) is 6.07 Å². The first-order valence-corrected chi connectivity index (χ1v) is 7.69. The third-order valence-corrected chi connectivity index (χ3v) is 4.50. The topological polar surface area (TPSA) is 72.2 Å². The van der Waals surface area contributed by atoms with Crippen LogP contribution in [0.5, 0.6) is 0 Å². The maximum atomic E-state index is 11.8. The van der Waals surface area contributed by atoms with Crippen LogP contribution in [0.3, 0.4) is 0 Å². The van der Waals surface area contributed by atoms with Crippen molar-refractivity contribution in [1.29, 1.82) is 0 Å². The van der Waals surface area contributed by atoms with E-state index in [0.29, 0.717) is 10.6 Å². The zero-order valence-electron chi connectivity index (χ0n) is 10.7. The number of hydrogen-bond donors (Lipinski definition) is 1.